The molecule has 0 aromatic carbocycles. The first-order valence-corrected chi connectivity index (χ1v) is 10.2. The molecule has 8 heteroatoms. The van der Waals surface area contributed by atoms with Crippen LogP contribution in [0.4, 0.5) is 5.00 Å². The highest BCUT2D eigenvalue weighted by Gasteiger charge is 2.18. The Morgan fingerprint density at radius 1 is 1.24 bits per heavy atom. The van der Waals surface area contributed by atoms with Crippen molar-refractivity contribution in [1.29, 1.82) is 5.26 Å². The fourth-order valence-electron chi connectivity index (χ4n) is 2.77. The Morgan fingerprint density at radius 2 is 2.00 bits per heavy atom. The van der Waals surface area contributed by atoms with Gasteiger partial charge in [0.25, 0.3) is 0 Å². The Labute approximate surface area is 160 Å². The van der Waals surface area contributed by atoms with E-state index in [-0.39, 0.29) is 5.91 Å². The van der Waals surface area contributed by atoms with Crippen molar-refractivity contribution in [3.8, 4) is 6.07 Å². The molecule has 1 fully saturated rings. The van der Waals surface area contributed by atoms with Crippen LogP contribution in [0, 0.1) is 11.3 Å². The maximum absolute atomic E-state index is 12.1. The molecule has 1 amide bonds. The molecule has 2 aromatic heterocycles. The van der Waals surface area contributed by atoms with Crippen LogP contribution >= 0.6 is 34.3 Å². The van der Waals surface area contributed by atoms with Crippen molar-refractivity contribution >= 4 is 45.2 Å². The molecule has 0 saturated carbocycles. The van der Waals surface area contributed by atoms with Crippen LogP contribution < -0.4 is 5.32 Å². The van der Waals surface area contributed by atoms with Crippen LogP contribution in [0.1, 0.15) is 16.9 Å². The summed E-state index contributed by atoms with van der Waals surface area (Å²) in [5.74, 6) is -0.0328. The first kappa shape index (κ1) is 18.4. The van der Waals surface area contributed by atoms with Crippen molar-refractivity contribution in [2.75, 3.05) is 38.0 Å². The largest absolute Gasteiger partial charge is 0.317 e. The lowest BCUT2D eigenvalue weighted by Crippen LogP contribution is -2.46. The van der Waals surface area contributed by atoms with Gasteiger partial charge in [-0.05, 0) is 23.6 Å². The van der Waals surface area contributed by atoms with Crippen molar-refractivity contribution in [3.05, 3.63) is 38.4 Å². The van der Waals surface area contributed by atoms with Crippen molar-refractivity contribution in [1.82, 2.24) is 9.80 Å². The molecule has 0 bridgehead atoms. The third kappa shape index (κ3) is 5.27. The highest BCUT2D eigenvalue weighted by molar-refractivity contribution is 7.16. The van der Waals surface area contributed by atoms with Gasteiger partial charge in [-0.15, -0.1) is 22.7 Å². The van der Waals surface area contributed by atoms with Gasteiger partial charge < -0.3 is 10.2 Å². The Bertz CT molecular complexity index is 759. The van der Waals surface area contributed by atoms with Gasteiger partial charge in [0.1, 0.15) is 11.1 Å². The zero-order valence-electron chi connectivity index (χ0n) is 13.7. The van der Waals surface area contributed by atoms with Gasteiger partial charge in [-0.1, -0.05) is 11.6 Å². The number of amides is 1. The predicted octanol–water partition coefficient (Wildman–Crippen LogP) is 3.48. The molecule has 1 saturated heterocycles. The summed E-state index contributed by atoms with van der Waals surface area (Å²) < 4.78 is 0.838. The van der Waals surface area contributed by atoms with E-state index in [0.29, 0.717) is 17.0 Å². The van der Waals surface area contributed by atoms with Gasteiger partial charge in [0.2, 0.25) is 5.91 Å². The summed E-state index contributed by atoms with van der Waals surface area (Å²) in [5.41, 5.74) is 0.528. The minimum atomic E-state index is -0.0328. The third-order valence-corrected chi connectivity index (χ3v) is 6.21. The Balaban J connectivity index is 1.37. The summed E-state index contributed by atoms with van der Waals surface area (Å²) in [6, 6.07) is 7.84. The molecule has 1 N–H and O–H groups in total. The second-order valence-electron chi connectivity index (χ2n) is 5.90. The topological polar surface area (TPSA) is 59.4 Å². The van der Waals surface area contributed by atoms with E-state index in [1.807, 2.05) is 11.4 Å². The van der Waals surface area contributed by atoms with Gasteiger partial charge in [-0.25, -0.2) is 0 Å². The Kier molecular flexibility index (Phi) is 6.45. The summed E-state index contributed by atoms with van der Waals surface area (Å²) in [7, 11) is 0. The minimum Gasteiger partial charge on any atom is -0.317 e. The van der Waals surface area contributed by atoms with Crippen molar-refractivity contribution in [3.63, 3.8) is 0 Å². The van der Waals surface area contributed by atoms with Crippen LogP contribution in [0.3, 0.4) is 0 Å². The molecule has 0 spiro atoms. The molecule has 0 radical (unpaired) electrons. The second kappa shape index (κ2) is 8.79. The quantitative estimate of drug-likeness (QED) is 0.814. The van der Waals surface area contributed by atoms with Crippen LogP contribution in [-0.2, 0) is 11.3 Å². The number of nitrogens with zero attached hydrogens (tertiary/aromatic N) is 3. The lowest BCUT2D eigenvalue weighted by molar-refractivity contribution is -0.116. The lowest BCUT2D eigenvalue weighted by atomic mass is 10.2. The van der Waals surface area contributed by atoms with Gasteiger partial charge >= 0.3 is 0 Å². The fraction of sp³-hybridized carbons (Fsp3) is 0.412. The summed E-state index contributed by atoms with van der Waals surface area (Å²) in [5, 5.41) is 14.3. The molecular weight excluding hydrogens is 376 g/mol. The molecule has 1 aliphatic rings. The zero-order valence-corrected chi connectivity index (χ0v) is 16.1. The monoisotopic (exact) mass is 394 g/mol. The number of halogens is 1. The maximum Gasteiger partial charge on any atom is 0.226 e. The van der Waals surface area contributed by atoms with E-state index >= 15 is 0 Å². The van der Waals surface area contributed by atoms with Crippen molar-refractivity contribution in [2.24, 2.45) is 0 Å². The molecule has 25 heavy (non-hydrogen) atoms. The first-order chi connectivity index (χ1) is 12.1. The van der Waals surface area contributed by atoms with Gasteiger partial charge in [-0.3, -0.25) is 9.69 Å². The van der Waals surface area contributed by atoms with Gasteiger partial charge in [0.05, 0.1) is 9.90 Å². The number of nitrogens with one attached hydrogen (secondary N) is 1. The van der Waals surface area contributed by atoms with E-state index in [9.17, 15) is 4.79 Å². The number of anilines is 1. The number of hydrogen-bond donors (Lipinski definition) is 1. The molecule has 132 valence electrons. The average Bonchev–Trinajstić information content (AvgIpc) is 3.23. The molecule has 3 rings (SSSR count). The van der Waals surface area contributed by atoms with E-state index < -0.39 is 0 Å². The van der Waals surface area contributed by atoms with Crippen LogP contribution in [0.5, 0.6) is 0 Å². The molecule has 0 aliphatic carbocycles. The summed E-state index contributed by atoms with van der Waals surface area (Å²) in [4.78, 5) is 18.1. The number of piperazine rings is 1. The zero-order chi connectivity index (χ0) is 17.6. The summed E-state index contributed by atoms with van der Waals surface area (Å²) >= 11 is 9.00. The summed E-state index contributed by atoms with van der Waals surface area (Å²) in [6.07, 6.45) is 0.448. The predicted molar refractivity (Wildman–Crippen MR) is 103 cm³/mol. The molecule has 2 aromatic rings. The molecule has 1 aliphatic heterocycles. The molecule has 0 atom stereocenters. The lowest BCUT2D eigenvalue weighted by Gasteiger charge is -2.34. The standard InChI is InChI=1S/C17H19ClN4OS2/c18-15-2-1-14(25-15)12-22-8-6-21(7-9-22)5-3-16(23)20-17-13(11-19)4-10-24-17/h1-2,4,10H,3,5-9,12H2,(H,20,23). The molecule has 0 unspecified atom stereocenters. The highest BCUT2D eigenvalue weighted by atomic mass is 35.5. The van der Waals surface area contributed by atoms with Crippen LogP contribution in [0.2, 0.25) is 4.34 Å². The third-order valence-electron chi connectivity index (χ3n) is 4.17. The van der Waals surface area contributed by atoms with Crippen LogP contribution in [-0.4, -0.2) is 48.4 Å². The molecule has 5 nitrogen and oxygen atoms in total. The minimum absolute atomic E-state index is 0.0328. The number of thiophene rings is 2. The smallest absolute Gasteiger partial charge is 0.226 e. The Hall–Kier alpha value is -1.43. The van der Waals surface area contributed by atoms with E-state index in [4.69, 9.17) is 16.9 Å². The first-order valence-electron chi connectivity index (χ1n) is 8.10. The van der Waals surface area contributed by atoms with Crippen LogP contribution in [0.25, 0.3) is 0 Å². The van der Waals surface area contributed by atoms with Gasteiger partial charge in [0, 0.05) is 50.6 Å². The van der Waals surface area contributed by atoms with Gasteiger partial charge in [0.15, 0.2) is 0 Å². The van der Waals surface area contributed by atoms with E-state index in [1.54, 1.807) is 17.4 Å². The maximum atomic E-state index is 12.1. The number of carbonyl (C=O) groups excluding carboxylic acids is 1. The average molecular weight is 395 g/mol. The highest BCUT2D eigenvalue weighted by Crippen LogP contribution is 2.23. The number of rotatable bonds is 6. The Morgan fingerprint density at radius 3 is 2.68 bits per heavy atom. The van der Waals surface area contributed by atoms with Crippen molar-refractivity contribution < 1.29 is 4.79 Å². The van der Waals surface area contributed by atoms with Crippen molar-refractivity contribution in [2.45, 2.75) is 13.0 Å². The number of carbonyl (C=O) groups is 1. The SMILES string of the molecule is N#Cc1ccsc1NC(=O)CCN1CCN(Cc2ccc(Cl)s2)CC1. The van der Waals surface area contributed by atoms with E-state index in [1.165, 1.54) is 16.2 Å². The van der Waals surface area contributed by atoms with Gasteiger partial charge in [-0.2, -0.15) is 5.26 Å². The number of hydrogen-bond acceptors (Lipinski definition) is 6. The number of nitriles is 1. The van der Waals surface area contributed by atoms with E-state index in [2.05, 4.69) is 27.3 Å². The fourth-order valence-corrected chi connectivity index (χ4v) is 4.65. The molecular formula is C17H19ClN4OS2. The normalized spacial score (nSPS) is 15.8. The molecule has 3 heterocycles. The second-order valence-corrected chi connectivity index (χ2v) is 8.61. The summed E-state index contributed by atoms with van der Waals surface area (Å²) in [6.45, 7) is 5.63. The van der Waals surface area contributed by atoms with E-state index in [0.717, 1.165) is 43.6 Å². The van der Waals surface area contributed by atoms with Crippen LogP contribution in [0.15, 0.2) is 23.6 Å².